The molecule has 0 unspecified atom stereocenters. The van der Waals surface area contributed by atoms with Crippen molar-refractivity contribution in [2.24, 2.45) is 5.92 Å². The van der Waals surface area contributed by atoms with E-state index in [-0.39, 0.29) is 5.92 Å². The Bertz CT molecular complexity index is 244. The highest BCUT2D eigenvalue weighted by Gasteiger charge is 2.20. The van der Waals surface area contributed by atoms with Gasteiger partial charge in [-0.3, -0.25) is 0 Å². The van der Waals surface area contributed by atoms with Gasteiger partial charge in [0.25, 0.3) is 0 Å². The van der Waals surface area contributed by atoms with Gasteiger partial charge in [0.2, 0.25) is 0 Å². The van der Waals surface area contributed by atoms with Gasteiger partial charge in [-0.25, -0.2) is 0 Å². The monoisotopic (exact) mass is 180 g/mol. The number of hydrogen-bond donors (Lipinski definition) is 2. The lowest BCUT2D eigenvalue weighted by atomic mass is 9.96. The zero-order valence-electron chi connectivity index (χ0n) is 8.01. The van der Waals surface area contributed by atoms with Crippen LogP contribution in [-0.4, -0.2) is 16.3 Å². The molecule has 0 aromatic heterocycles. The van der Waals surface area contributed by atoms with E-state index >= 15 is 0 Å². The lowest BCUT2D eigenvalue weighted by molar-refractivity contribution is -0.00939. The molecule has 2 atom stereocenters. The van der Waals surface area contributed by atoms with Crippen molar-refractivity contribution in [2.45, 2.75) is 26.1 Å². The van der Waals surface area contributed by atoms with Gasteiger partial charge in [0.05, 0.1) is 6.10 Å². The van der Waals surface area contributed by atoms with E-state index in [1.54, 1.807) is 0 Å². The van der Waals surface area contributed by atoms with Crippen molar-refractivity contribution in [3.8, 4) is 0 Å². The van der Waals surface area contributed by atoms with Crippen LogP contribution in [0.15, 0.2) is 30.3 Å². The van der Waals surface area contributed by atoms with Crippen molar-refractivity contribution in [1.29, 1.82) is 0 Å². The van der Waals surface area contributed by atoms with Crippen LogP contribution in [0.1, 0.15) is 25.5 Å². The van der Waals surface area contributed by atoms with E-state index < -0.39 is 12.2 Å². The highest BCUT2D eigenvalue weighted by atomic mass is 16.3. The van der Waals surface area contributed by atoms with E-state index in [1.807, 2.05) is 44.2 Å². The summed E-state index contributed by atoms with van der Waals surface area (Å²) in [6.07, 6.45) is -1.47. The second kappa shape index (κ2) is 4.40. The summed E-state index contributed by atoms with van der Waals surface area (Å²) in [5.41, 5.74) is 0.767. The number of aliphatic hydroxyl groups is 2. The normalized spacial score (nSPS) is 15.8. The Balaban J connectivity index is 2.73. The molecule has 0 bridgehead atoms. The lowest BCUT2D eigenvalue weighted by Crippen LogP contribution is -2.23. The fraction of sp³-hybridized carbons (Fsp3) is 0.455. The van der Waals surface area contributed by atoms with Crippen LogP contribution in [0, 0.1) is 5.92 Å². The van der Waals surface area contributed by atoms with Crippen molar-refractivity contribution in [3.05, 3.63) is 35.9 Å². The predicted molar refractivity (Wildman–Crippen MR) is 52.2 cm³/mol. The summed E-state index contributed by atoms with van der Waals surface area (Å²) in [5, 5.41) is 19.3. The molecule has 2 heteroatoms. The third-order valence-electron chi connectivity index (χ3n) is 2.15. The number of rotatable bonds is 3. The molecule has 0 saturated carbocycles. The Morgan fingerprint density at radius 3 is 2.00 bits per heavy atom. The molecule has 0 fully saturated rings. The molecule has 0 radical (unpaired) electrons. The number of hydrogen-bond acceptors (Lipinski definition) is 2. The molecule has 0 amide bonds. The summed E-state index contributed by atoms with van der Waals surface area (Å²) in [7, 11) is 0. The molecule has 1 aromatic rings. The van der Waals surface area contributed by atoms with Crippen molar-refractivity contribution >= 4 is 0 Å². The van der Waals surface area contributed by atoms with Gasteiger partial charge in [0.1, 0.15) is 6.10 Å². The van der Waals surface area contributed by atoms with Crippen molar-refractivity contribution in [3.63, 3.8) is 0 Å². The molecular weight excluding hydrogens is 164 g/mol. The van der Waals surface area contributed by atoms with Crippen LogP contribution in [0.4, 0.5) is 0 Å². The predicted octanol–water partition coefficient (Wildman–Crippen LogP) is 1.74. The molecule has 2 N–H and O–H groups in total. The summed E-state index contributed by atoms with van der Waals surface area (Å²) >= 11 is 0. The zero-order chi connectivity index (χ0) is 9.84. The minimum absolute atomic E-state index is 0.0650. The summed E-state index contributed by atoms with van der Waals surface area (Å²) < 4.78 is 0. The second-order valence-electron chi connectivity index (χ2n) is 3.59. The van der Waals surface area contributed by atoms with Gasteiger partial charge >= 0.3 is 0 Å². The standard InChI is InChI=1S/C11H16O2/c1-8(2)10(12)11(13)9-6-4-3-5-7-9/h3-8,10-13H,1-2H3/t10-,11+/m1/s1. The maximum Gasteiger partial charge on any atom is 0.105 e. The topological polar surface area (TPSA) is 40.5 Å². The van der Waals surface area contributed by atoms with E-state index in [0.717, 1.165) is 5.56 Å². The molecule has 0 heterocycles. The largest absolute Gasteiger partial charge is 0.390 e. The highest BCUT2D eigenvalue weighted by Crippen LogP contribution is 2.20. The minimum Gasteiger partial charge on any atom is -0.390 e. The van der Waals surface area contributed by atoms with Crippen LogP contribution in [-0.2, 0) is 0 Å². The lowest BCUT2D eigenvalue weighted by Gasteiger charge is -2.21. The molecule has 0 aliphatic carbocycles. The van der Waals surface area contributed by atoms with Gasteiger partial charge in [-0.05, 0) is 11.5 Å². The first-order valence-corrected chi connectivity index (χ1v) is 4.54. The summed E-state index contributed by atoms with van der Waals surface area (Å²) in [5.74, 6) is 0.0650. The van der Waals surface area contributed by atoms with Gasteiger partial charge in [-0.2, -0.15) is 0 Å². The third-order valence-corrected chi connectivity index (χ3v) is 2.15. The summed E-state index contributed by atoms with van der Waals surface area (Å²) in [6, 6.07) is 9.22. The fourth-order valence-electron chi connectivity index (χ4n) is 1.21. The maximum absolute atomic E-state index is 9.71. The Morgan fingerprint density at radius 2 is 1.54 bits per heavy atom. The Kier molecular flexibility index (Phi) is 3.46. The highest BCUT2D eigenvalue weighted by molar-refractivity contribution is 5.18. The average molecular weight is 180 g/mol. The van der Waals surface area contributed by atoms with Gasteiger partial charge in [-0.15, -0.1) is 0 Å². The Labute approximate surface area is 78.8 Å². The summed E-state index contributed by atoms with van der Waals surface area (Å²) in [6.45, 7) is 3.77. The van der Waals surface area contributed by atoms with Gasteiger partial charge in [0, 0.05) is 0 Å². The first-order valence-electron chi connectivity index (χ1n) is 4.54. The SMILES string of the molecule is CC(C)[C@@H](O)[C@@H](O)c1ccccc1. The molecule has 2 nitrogen and oxygen atoms in total. The van der Waals surface area contributed by atoms with Crippen LogP contribution >= 0.6 is 0 Å². The molecule has 0 saturated heterocycles. The maximum atomic E-state index is 9.71. The van der Waals surface area contributed by atoms with Crippen LogP contribution in [0.3, 0.4) is 0 Å². The molecule has 0 spiro atoms. The molecule has 1 aromatic carbocycles. The zero-order valence-corrected chi connectivity index (χ0v) is 8.01. The van der Waals surface area contributed by atoms with Crippen LogP contribution in [0.5, 0.6) is 0 Å². The van der Waals surface area contributed by atoms with Gasteiger partial charge in [-0.1, -0.05) is 44.2 Å². The van der Waals surface area contributed by atoms with Crippen LogP contribution in [0.2, 0.25) is 0 Å². The third kappa shape index (κ3) is 2.54. The Hall–Kier alpha value is -0.860. The molecule has 1 rings (SSSR count). The first-order chi connectivity index (χ1) is 6.13. The van der Waals surface area contributed by atoms with Crippen LogP contribution in [0.25, 0.3) is 0 Å². The van der Waals surface area contributed by atoms with E-state index in [4.69, 9.17) is 0 Å². The van der Waals surface area contributed by atoms with Crippen molar-refractivity contribution in [2.75, 3.05) is 0 Å². The minimum atomic E-state index is -0.777. The molecule has 0 aliphatic rings. The van der Waals surface area contributed by atoms with Crippen molar-refractivity contribution in [1.82, 2.24) is 0 Å². The quantitative estimate of drug-likeness (QED) is 0.743. The summed E-state index contributed by atoms with van der Waals surface area (Å²) in [4.78, 5) is 0. The molecular formula is C11H16O2. The number of aliphatic hydroxyl groups excluding tert-OH is 2. The smallest absolute Gasteiger partial charge is 0.105 e. The van der Waals surface area contributed by atoms with Crippen molar-refractivity contribution < 1.29 is 10.2 Å². The van der Waals surface area contributed by atoms with Gasteiger partial charge in [0.15, 0.2) is 0 Å². The van der Waals surface area contributed by atoms with E-state index in [9.17, 15) is 10.2 Å². The number of benzene rings is 1. The molecule has 72 valence electrons. The van der Waals surface area contributed by atoms with E-state index in [1.165, 1.54) is 0 Å². The van der Waals surface area contributed by atoms with Crippen LogP contribution < -0.4 is 0 Å². The first kappa shape index (κ1) is 10.2. The average Bonchev–Trinajstić information content (AvgIpc) is 2.17. The molecule has 13 heavy (non-hydrogen) atoms. The van der Waals surface area contributed by atoms with E-state index in [0.29, 0.717) is 0 Å². The fourth-order valence-corrected chi connectivity index (χ4v) is 1.21. The second-order valence-corrected chi connectivity index (χ2v) is 3.59. The Morgan fingerprint density at radius 1 is 1.00 bits per heavy atom. The molecule has 0 aliphatic heterocycles. The van der Waals surface area contributed by atoms with Gasteiger partial charge < -0.3 is 10.2 Å². The van der Waals surface area contributed by atoms with E-state index in [2.05, 4.69) is 0 Å².